The van der Waals surface area contributed by atoms with E-state index in [9.17, 15) is 9.59 Å². The maximum Gasteiger partial charge on any atom is 0.250 e. The lowest BCUT2D eigenvalue weighted by atomic mass is 10.1. The van der Waals surface area contributed by atoms with E-state index >= 15 is 0 Å². The lowest BCUT2D eigenvalue weighted by Crippen LogP contribution is -2.27. The van der Waals surface area contributed by atoms with E-state index in [1.807, 2.05) is 90.7 Å². The van der Waals surface area contributed by atoms with Gasteiger partial charge in [0, 0.05) is 11.4 Å². The quantitative estimate of drug-likeness (QED) is 0.484. The molecule has 1 saturated heterocycles. The first-order valence-electron chi connectivity index (χ1n) is 10.8. The summed E-state index contributed by atoms with van der Waals surface area (Å²) in [5, 5.41) is 2.73. The Bertz CT molecular complexity index is 1070. The monoisotopic (exact) mass is 462 g/mol. The second kappa shape index (κ2) is 11.0. The number of hydrogen-bond donors (Lipinski definition) is 1. The number of amides is 2. The maximum atomic E-state index is 12.6. The number of nitrogens with zero attached hydrogens (tertiary/aromatic N) is 1. The highest BCUT2D eigenvalue weighted by atomic mass is 32.2. The van der Waals surface area contributed by atoms with Crippen LogP contribution in [0, 0.1) is 0 Å². The van der Waals surface area contributed by atoms with Gasteiger partial charge < -0.3 is 14.8 Å². The number of carbonyl (C=O) groups is 2. The average molecular weight is 463 g/mol. The summed E-state index contributed by atoms with van der Waals surface area (Å²) in [6.07, 6.45) is 0. The second-order valence-corrected chi connectivity index (χ2v) is 8.57. The molecule has 2 amide bonds. The Labute approximate surface area is 197 Å². The van der Waals surface area contributed by atoms with Crippen LogP contribution in [0.1, 0.15) is 23.4 Å². The predicted octanol–water partition coefficient (Wildman–Crippen LogP) is 5.02. The molecule has 170 valence electrons. The molecule has 0 spiro atoms. The fourth-order valence-corrected chi connectivity index (χ4v) is 4.76. The number of carbonyl (C=O) groups excluding carboxylic acids is 2. The molecule has 7 heteroatoms. The van der Waals surface area contributed by atoms with Crippen LogP contribution in [0.25, 0.3) is 0 Å². The van der Waals surface area contributed by atoms with E-state index in [0.717, 1.165) is 22.6 Å². The van der Waals surface area contributed by atoms with Gasteiger partial charge in [0.05, 0.1) is 19.0 Å². The van der Waals surface area contributed by atoms with Crippen LogP contribution in [0.4, 0.5) is 11.4 Å². The highest BCUT2D eigenvalue weighted by Gasteiger charge is 2.34. The zero-order valence-corrected chi connectivity index (χ0v) is 19.2. The van der Waals surface area contributed by atoms with Gasteiger partial charge in [-0.3, -0.25) is 14.5 Å². The van der Waals surface area contributed by atoms with Gasteiger partial charge in [-0.1, -0.05) is 42.5 Å². The summed E-state index contributed by atoms with van der Waals surface area (Å²) in [6.45, 7) is 2.91. The van der Waals surface area contributed by atoms with Crippen molar-refractivity contribution in [3.63, 3.8) is 0 Å². The number of benzene rings is 3. The van der Waals surface area contributed by atoms with E-state index in [-0.39, 0.29) is 23.8 Å². The van der Waals surface area contributed by atoms with Crippen LogP contribution in [0.2, 0.25) is 0 Å². The third-order valence-electron chi connectivity index (χ3n) is 5.12. The van der Waals surface area contributed by atoms with Crippen molar-refractivity contribution in [2.45, 2.75) is 18.9 Å². The molecule has 0 saturated carbocycles. The van der Waals surface area contributed by atoms with Gasteiger partial charge in [0.2, 0.25) is 11.8 Å². The van der Waals surface area contributed by atoms with Gasteiger partial charge in [0.1, 0.15) is 17.7 Å². The van der Waals surface area contributed by atoms with Gasteiger partial charge >= 0.3 is 0 Å². The van der Waals surface area contributed by atoms with Crippen LogP contribution < -0.4 is 15.0 Å². The van der Waals surface area contributed by atoms with Gasteiger partial charge in [-0.05, 0) is 54.4 Å². The van der Waals surface area contributed by atoms with Gasteiger partial charge in [-0.25, -0.2) is 0 Å². The average Bonchev–Trinajstić information content (AvgIpc) is 3.22. The van der Waals surface area contributed by atoms with Crippen molar-refractivity contribution >= 4 is 35.0 Å². The van der Waals surface area contributed by atoms with E-state index in [2.05, 4.69) is 5.32 Å². The summed E-state index contributed by atoms with van der Waals surface area (Å²) >= 11 is 1.59. The first kappa shape index (κ1) is 22.9. The summed E-state index contributed by atoms with van der Waals surface area (Å²) in [7, 11) is 0. The van der Waals surface area contributed by atoms with Crippen molar-refractivity contribution in [1.82, 2.24) is 0 Å². The highest BCUT2D eigenvalue weighted by molar-refractivity contribution is 8.00. The number of thioether (sulfide) groups is 1. The Balaban J connectivity index is 1.35. The van der Waals surface area contributed by atoms with Crippen molar-refractivity contribution < 1.29 is 19.1 Å². The molecule has 1 heterocycles. The maximum absolute atomic E-state index is 12.6. The fraction of sp³-hybridized carbons (Fsp3) is 0.231. The van der Waals surface area contributed by atoms with Crippen LogP contribution in [0.15, 0.2) is 78.9 Å². The van der Waals surface area contributed by atoms with Gasteiger partial charge in [0.15, 0.2) is 0 Å². The molecule has 33 heavy (non-hydrogen) atoms. The topological polar surface area (TPSA) is 67.9 Å². The molecule has 6 nitrogen and oxygen atoms in total. The molecule has 0 unspecified atom stereocenters. The van der Waals surface area contributed by atoms with E-state index in [0.29, 0.717) is 24.7 Å². The Kier molecular flexibility index (Phi) is 7.65. The number of hydrogen-bond acceptors (Lipinski definition) is 5. The molecule has 3 aromatic rings. The normalized spacial score (nSPS) is 15.5. The van der Waals surface area contributed by atoms with Gasteiger partial charge in [-0.15, -0.1) is 11.8 Å². The van der Waals surface area contributed by atoms with Crippen molar-refractivity contribution in [1.29, 1.82) is 0 Å². The summed E-state index contributed by atoms with van der Waals surface area (Å²) < 4.78 is 11.0. The Morgan fingerprint density at radius 3 is 2.45 bits per heavy atom. The zero-order chi connectivity index (χ0) is 23.0. The molecule has 4 rings (SSSR count). The molecular formula is C26H26N2O4S. The number of anilines is 2. The lowest BCUT2D eigenvalue weighted by Gasteiger charge is -2.24. The van der Waals surface area contributed by atoms with E-state index in [1.165, 1.54) is 0 Å². The summed E-state index contributed by atoms with van der Waals surface area (Å²) in [5.41, 5.74) is 3.55. The highest BCUT2D eigenvalue weighted by Crippen LogP contribution is 2.42. The predicted molar refractivity (Wildman–Crippen MR) is 131 cm³/mol. The molecule has 3 aromatic carbocycles. The minimum atomic E-state index is -0.208. The van der Waals surface area contributed by atoms with Crippen molar-refractivity contribution in [3.8, 4) is 5.75 Å². The standard InChI is InChI=1S/C26H26N2O4S/c1-2-32-23-14-12-22(13-15-23)28-25(30)18-33-26(28)20-8-10-21(11-9-20)27-24(29)17-31-16-19-6-4-3-5-7-19/h3-15,26H,2,16-18H2,1H3,(H,27,29)/t26-/m0/s1. The molecule has 1 aliphatic heterocycles. The molecule has 0 aromatic heterocycles. The van der Waals surface area contributed by atoms with Crippen LogP contribution in [-0.2, 0) is 20.9 Å². The molecule has 1 atom stereocenters. The van der Waals surface area contributed by atoms with Crippen molar-refractivity contribution in [3.05, 3.63) is 90.0 Å². The molecule has 0 aliphatic carbocycles. The number of ether oxygens (including phenoxy) is 2. The molecule has 1 aliphatic rings. The lowest BCUT2D eigenvalue weighted by molar-refractivity contribution is -0.121. The second-order valence-electron chi connectivity index (χ2n) is 7.50. The molecule has 1 fully saturated rings. The Morgan fingerprint density at radius 1 is 1.03 bits per heavy atom. The minimum Gasteiger partial charge on any atom is -0.494 e. The van der Waals surface area contributed by atoms with Crippen LogP contribution in [0.3, 0.4) is 0 Å². The van der Waals surface area contributed by atoms with Crippen LogP contribution >= 0.6 is 11.8 Å². The SMILES string of the molecule is CCOc1ccc(N2C(=O)CS[C@H]2c2ccc(NC(=O)COCc3ccccc3)cc2)cc1. The molecule has 0 bridgehead atoms. The smallest absolute Gasteiger partial charge is 0.250 e. The van der Waals surface area contributed by atoms with Crippen LogP contribution in [0.5, 0.6) is 5.75 Å². The van der Waals surface area contributed by atoms with Crippen molar-refractivity contribution in [2.75, 3.05) is 29.2 Å². The van der Waals surface area contributed by atoms with E-state index in [4.69, 9.17) is 9.47 Å². The third-order valence-corrected chi connectivity index (χ3v) is 6.33. The molecule has 1 N–H and O–H groups in total. The summed E-state index contributed by atoms with van der Waals surface area (Å²) in [5.74, 6) is 1.07. The third kappa shape index (κ3) is 5.94. The number of nitrogens with one attached hydrogen (secondary N) is 1. The van der Waals surface area contributed by atoms with E-state index in [1.54, 1.807) is 11.8 Å². The summed E-state index contributed by atoms with van der Waals surface area (Å²) in [6, 6.07) is 24.9. The largest absolute Gasteiger partial charge is 0.494 e. The number of rotatable bonds is 9. The van der Waals surface area contributed by atoms with Crippen molar-refractivity contribution in [2.24, 2.45) is 0 Å². The zero-order valence-electron chi connectivity index (χ0n) is 18.4. The Morgan fingerprint density at radius 2 is 1.76 bits per heavy atom. The minimum absolute atomic E-state index is 0.0187. The first-order valence-corrected chi connectivity index (χ1v) is 11.9. The fourth-order valence-electron chi connectivity index (χ4n) is 3.58. The van der Waals surface area contributed by atoms with Crippen LogP contribution in [-0.4, -0.2) is 30.8 Å². The summed E-state index contributed by atoms with van der Waals surface area (Å²) in [4.78, 5) is 26.6. The molecule has 0 radical (unpaired) electrons. The first-order chi connectivity index (χ1) is 16.1. The Hall–Kier alpha value is -3.29. The van der Waals surface area contributed by atoms with Gasteiger partial charge in [0.25, 0.3) is 0 Å². The van der Waals surface area contributed by atoms with Gasteiger partial charge in [-0.2, -0.15) is 0 Å². The van der Waals surface area contributed by atoms with E-state index < -0.39 is 0 Å². The molecular weight excluding hydrogens is 436 g/mol.